The molecule has 0 atom stereocenters. The Labute approximate surface area is 161 Å². The van der Waals surface area contributed by atoms with Gasteiger partial charge in [0.2, 0.25) is 0 Å². The Hall–Kier alpha value is -2.30. The Morgan fingerprint density at radius 2 is 1.56 bits per heavy atom. The molecule has 1 aromatic carbocycles. The van der Waals surface area contributed by atoms with E-state index in [1.807, 2.05) is 24.3 Å². The zero-order valence-corrected chi connectivity index (χ0v) is 16.1. The van der Waals surface area contributed by atoms with E-state index >= 15 is 0 Å². The van der Waals surface area contributed by atoms with Gasteiger partial charge in [0, 0.05) is 24.7 Å². The molecule has 27 heavy (non-hydrogen) atoms. The van der Waals surface area contributed by atoms with Crippen LogP contribution in [0, 0.1) is 0 Å². The van der Waals surface area contributed by atoms with Gasteiger partial charge in [0.25, 0.3) is 11.8 Å². The number of likely N-dealkylation sites (tertiary alicyclic amines) is 1. The molecule has 2 amide bonds. The van der Waals surface area contributed by atoms with Crippen LogP contribution in [-0.4, -0.2) is 47.9 Å². The van der Waals surface area contributed by atoms with Gasteiger partial charge in [-0.05, 0) is 31.7 Å². The van der Waals surface area contributed by atoms with Gasteiger partial charge in [-0.1, -0.05) is 43.9 Å². The summed E-state index contributed by atoms with van der Waals surface area (Å²) < 4.78 is 5.52. The maximum absolute atomic E-state index is 13.5. The van der Waals surface area contributed by atoms with E-state index < -0.39 is 0 Å². The first-order chi connectivity index (χ1) is 13.2. The standard InChI is InChI=1S/C22H28N2O3/c1-27-18-13-7-6-12-17(18)19-20(23-14-8-9-15-23)22(26)24(21(19)25)16-10-4-2-3-5-11-16/h6-7,12-13,16H,2-5,8-11,14-15H2,1H3. The van der Waals surface area contributed by atoms with Gasteiger partial charge < -0.3 is 9.64 Å². The average Bonchev–Trinajstić information content (AvgIpc) is 3.19. The van der Waals surface area contributed by atoms with Crippen LogP contribution in [0.3, 0.4) is 0 Å². The van der Waals surface area contributed by atoms with Crippen molar-refractivity contribution in [2.24, 2.45) is 0 Å². The number of amides is 2. The van der Waals surface area contributed by atoms with Crippen LogP contribution in [0.5, 0.6) is 5.75 Å². The quantitative estimate of drug-likeness (QED) is 0.602. The average molecular weight is 368 g/mol. The Balaban J connectivity index is 1.78. The van der Waals surface area contributed by atoms with Crippen molar-refractivity contribution in [3.63, 3.8) is 0 Å². The van der Waals surface area contributed by atoms with Crippen LogP contribution in [0.2, 0.25) is 0 Å². The van der Waals surface area contributed by atoms with E-state index in [1.54, 1.807) is 12.0 Å². The first-order valence-corrected chi connectivity index (χ1v) is 10.2. The van der Waals surface area contributed by atoms with Crippen molar-refractivity contribution in [1.82, 2.24) is 9.80 Å². The van der Waals surface area contributed by atoms with Gasteiger partial charge in [0.15, 0.2) is 0 Å². The summed E-state index contributed by atoms with van der Waals surface area (Å²) in [5.41, 5.74) is 1.85. The second-order valence-electron chi connectivity index (χ2n) is 7.74. The molecule has 1 aliphatic carbocycles. The fraction of sp³-hybridized carbons (Fsp3) is 0.545. The van der Waals surface area contributed by atoms with Crippen molar-refractivity contribution in [3.05, 3.63) is 35.5 Å². The van der Waals surface area contributed by atoms with Crippen molar-refractivity contribution >= 4 is 17.4 Å². The van der Waals surface area contributed by atoms with Gasteiger partial charge in [-0.2, -0.15) is 0 Å². The fourth-order valence-corrected chi connectivity index (χ4v) is 4.71. The van der Waals surface area contributed by atoms with Crippen molar-refractivity contribution in [2.75, 3.05) is 20.2 Å². The van der Waals surface area contributed by atoms with E-state index in [4.69, 9.17) is 4.74 Å². The number of methoxy groups -OCH3 is 1. The SMILES string of the molecule is COc1ccccc1C1=C(N2CCCC2)C(=O)N(C2CCCCCC2)C1=O. The minimum absolute atomic E-state index is 0.0253. The lowest BCUT2D eigenvalue weighted by atomic mass is 10.0. The van der Waals surface area contributed by atoms with E-state index in [1.165, 1.54) is 12.8 Å². The van der Waals surface area contributed by atoms with Crippen LogP contribution < -0.4 is 4.74 Å². The lowest BCUT2D eigenvalue weighted by molar-refractivity contribution is -0.140. The molecule has 1 aromatic rings. The molecule has 4 rings (SSSR count). The highest BCUT2D eigenvalue weighted by Crippen LogP contribution is 2.39. The number of hydrogen-bond donors (Lipinski definition) is 0. The first-order valence-electron chi connectivity index (χ1n) is 10.2. The highest BCUT2D eigenvalue weighted by atomic mass is 16.5. The summed E-state index contributed by atoms with van der Waals surface area (Å²) in [6.07, 6.45) is 8.53. The summed E-state index contributed by atoms with van der Waals surface area (Å²) in [6, 6.07) is 7.57. The Bertz CT molecular complexity index is 757. The molecule has 144 valence electrons. The van der Waals surface area contributed by atoms with Crippen LogP contribution in [0.4, 0.5) is 0 Å². The number of ether oxygens (including phenoxy) is 1. The summed E-state index contributed by atoms with van der Waals surface area (Å²) in [6.45, 7) is 1.68. The normalized spacial score (nSPS) is 22.0. The molecule has 0 N–H and O–H groups in total. The van der Waals surface area contributed by atoms with Crippen molar-refractivity contribution in [1.29, 1.82) is 0 Å². The Morgan fingerprint density at radius 3 is 2.22 bits per heavy atom. The van der Waals surface area contributed by atoms with Gasteiger partial charge in [0.05, 0.1) is 12.7 Å². The molecule has 3 aliphatic rings. The van der Waals surface area contributed by atoms with E-state index in [9.17, 15) is 9.59 Å². The van der Waals surface area contributed by atoms with Crippen molar-refractivity contribution in [3.8, 4) is 5.75 Å². The van der Waals surface area contributed by atoms with Gasteiger partial charge >= 0.3 is 0 Å². The molecule has 1 saturated heterocycles. The number of hydrogen-bond acceptors (Lipinski definition) is 4. The Morgan fingerprint density at radius 1 is 0.889 bits per heavy atom. The fourth-order valence-electron chi connectivity index (χ4n) is 4.71. The molecule has 0 unspecified atom stereocenters. The molecule has 1 saturated carbocycles. The van der Waals surface area contributed by atoms with E-state index in [0.717, 1.165) is 57.2 Å². The third kappa shape index (κ3) is 3.24. The summed E-state index contributed by atoms with van der Waals surface area (Å²) >= 11 is 0. The minimum Gasteiger partial charge on any atom is -0.496 e. The molecule has 0 bridgehead atoms. The predicted octanol–water partition coefficient (Wildman–Crippen LogP) is 3.59. The topological polar surface area (TPSA) is 49.9 Å². The molecule has 2 fully saturated rings. The maximum Gasteiger partial charge on any atom is 0.278 e. The number of carbonyl (C=O) groups is 2. The summed E-state index contributed by atoms with van der Waals surface area (Å²) in [5.74, 6) is 0.404. The van der Waals surface area contributed by atoms with Crippen LogP contribution in [0.1, 0.15) is 56.9 Å². The largest absolute Gasteiger partial charge is 0.496 e. The lowest BCUT2D eigenvalue weighted by Crippen LogP contribution is -2.42. The molecule has 2 aliphatic heterocycles. The molecule has 5 nitrogen and oxygen atoms in total. The molecule has 0 spiro atoms. The summed E-state index contributed by atoms with van der Waals surface area (Å²) in [7, 11) is 1.61. The number of imide groups is 1. The van der Waals surface area contributed by atoms with E-state index in [2.05, 4.69) is 4.90 Å². The zero-order valence-electron chi connectivity index (χ0n) is 16.1. The molecule has 0 radical (unpaired) electrons. The summed E-state index contributed by atoms with van der Waals surface area (Å²) in [5, 5.41) is 0. The minimum atomic E-state index is -0.140. The first kappa shape index (κ1) is 18.1. The van der Waals surface area contributed by atoms with Gasteiger partial charge in [-0.15, -0.1) is 0 Å². The smallest absolute Gasteiger partial charge is 0.278 e. The van der Waals surface area contributed by atoms with Gasteiger partial charge in [-0.3, -0.25) is 14.5 Å². The molecule has 2 heterocycles. The number of nitrogens with zero attached hydrogens (tertiary/aromatic N) is 2. The Kier molecular flexibility index (Phi) is 5.19. The van der Waals surface area contributed by atoms with Crippen molar-refractivity contribution in [2.45, 2.75) is 57.4 Å². The molecule has 0 aromatic heterocycles. The van der Waals surface area contributed by atoms with E-state index in [-0.39, 0.29) is 17.9 Å². The molecular formula is C22H28N2O3. The highest BCUT2D eigenvalue weighted by molar-refractivity contribution is 6.36. The number of rotatable bonds is 4. The van der Waals surface area contributed by atoms with E-state index in [0.29, 0.717) is 17.0 Å². The molecule has 5 heteroatoms. The van der Waals surface area contributed by atoms with Gasteiger partial charge in [0.1, 0.15) is 11.4 Å². The maximum atomic E-state index is 13.5. The summed E-state index contributed by atoms with van der Waals surface area (Å²) in [4.78, 5) is 30.7. The number of carbonyl (C=O) groups excluding carboxylic acids is 2. The second-order valence-corrected chi connectivity index (χ2v) is 7.74. The number of benzene rings is 1. The second kappa shape index (κ2) is 7.75. The molecular weight excluding hydrogens is 340 g/mol. The monoisotopic (exact) mass is 368 g/mol. The number of para-hydroxylation sites is 1. The third-order valence-corrected chi connectivity index (χ3v) is 6.08. The van der Waals surface area contributed by atoms with Crippen LogP contribution in [0.15, 0.2) is 30.0 Å². The highest BCUT2D eigenvalue weighted by Gasteiger charge is 2.45. The van der Waals surface area contributed by atoms with Crippen LogP contribution in [0.25, 0.3) is 5.57 Å². The van der Waals surface area contributed by atoms with Crippen molar-refractivity contribution < 1.29 is 14.3 Å². The van der Waals surface area contributed by atoms with Crippen LogP contribution in [-0.2, 0) is 9.59 Å². The van der Waals surface area contributed by atoms with Gasteiger partial charge in [-0.25, -0.2) is 0 Å². The van der Waals surface area contributed by atoms with Crippen LogP contribution >= 0.6 is 0 Å². The third-order valence-electron chi connectivity index (χ3n) is 6.08. The zero-order chi connectivity index (χ0) is 18.8. The lowest BCUT2D eigenvalue weighted by Gasteiger charge is -2.26. The predicted molar refractivity (Wildman–Crippen MR) is 104 cm³/mol.